The van der Waals surface area contributed by atoms with Gasteiger partial charge in [0.05, 0.1) is 12.0 Å². The van der Waals surface area contributed by atoms with Gasteiger partial charge in [0.25, 0.3) is 0 Å². The Morgan fingerprint density at radius 1 is 1.22 bits per heavy atom. The Morgan fingerprint density at radius 2 is 1.94 bits per heavy atom. The second-order valence-electron chi connectivity index (χ2n) is 5.18. The summed E-state index contributed by atoms with van der Waals surface area (Å²) in [6, 6.07) is -0.350. The first kappa shape index (κ1) is 12.9. The molecule has 0 spiro atoms. The van der Waals surface area contributed by atoms with Crippen molar-refractivity contribution in [1.82, 2.24) is 10.6 Å². The van der Waals surface area contributed by atoms with Crippen molar-refractivity contribution in [2.45, 2.75) is 38.1 Å². The van der Waals surface area contributed by atoms with Gasteiger partial charge < -0.3 is 15.7 Å². The van der Waals surface area contributed by atoms with Crippen molar-refractivity contribution in [2.75, 3.05) is 6.54 Å². The molecule has 0 heterocycles. The summed E-state index contributed by atoms with van der Waals surface area (Å²) in [6.07, 6.45) is 8.78. The van der Waals surface area contributed by atoms with Gasteiger partial charge in [-0.25, -0.2) is 4.79 Å². The van der Waals surface area contributed by atoms with Crippen molar-refractivity contribution in [3.05, 3.63) is 12.2 Å². The Morgan fingerprint density at radius 3 is 2.56 bits per heavy atom. The number of hydrogen-bond donors (Lipinski definition) is 3. The minimum Gasteiger partial charge on any atom is -0.481 e. The van der Waals surface area contributed by atoms with Gasteiger partial charge in [-0.05, 0) is 25.2 Å². The van der Waals surface area contributed by atoms with E-state index in [0.29, 0.717) is 12.3 Å². The van der Waals surface area contributed by atoms with Gasteiger partial charge in [0, 0.05) is 6.54 Å². The molecule has 0 aromatic rings. The first-order chi connectivity index (χ1) is 8.65. The fraction of sp³-hybridized carbons (Fsp3) is 0.692. The Kier molecular flexibility index (Phi) is 4.23. The monoisotopic (exact) mass is 252 g/mol. The van der Waals surface area contributed by atoms with Crippen molar-refractivity contribution in [2.24, 2.45) is 11.8 Å². The molecule has 1 fully saturated rings. The second-order valence-corrected chi connectivity index (χ2v) is 5.18. The molecular formula is C13H20N2O3. The molecule has 0 aliphatic heterocycles. The molecule has 100 valence electrons. The van der Waals surface area contributed by atoms with Crippen LogP contribution in [0.2, 0.25) is 0 Å². The van der Waals surface area contributed by atoms with E-state index in [1.165, 1.54) is 25.7 Å². The lowest BCUT2D eigenvalue weighted by Gasteiger charge is -2.15. The summed E-state index contributed by atoms with van der Waals surface area (Å²) >= 11 is 0. The van der Waals surface area contributed by atoms with Crippen LogP contribution in [0.1, 0.15) is 32.1 Å². The number of urea groups is 1. The zero-order valence-electron chi connectivity index (χ0n) is 10.4. The lowest BCUT2D eigenvalue weighted by atomic mass is 10.1. The van der Waals surface area contributed by atoms with E-state index in [1.807, 2.05) is 0 Å². The van der Waals surface area contributed by atoms with Crippen LogP contribution in [0.3, 0.4) is 0 Å². The van der Waals surface area contributed by atoms with Crippen LogP contribution in [-0.2, 0) is 4.79 Å². The molecule has 2 amide bonds. The van der Waals surface area contributed by atoms with E-state index in [1.54, 1.807) is 12.2 Å². The number of carbonyl (C=O) groups is 2. The van der Waals surface area contributed by atoms with Crippen LogP contribution in [0, 0.1) is 11.8 Å². The van der Waals surface area contributed by atoms with Gasteiger partial charge >= 0.3 is 12.0 Å². The Balaban J connectivity index is 1.65. The van der Waals surface area contributed by atoms with E-state index in [0.717, 1.165) is 6.54 Å². The number of carboxylic acids is 1. The zero-order valence-corrected chi connectivity index (χ0v) is 10.4. The third-order valence-electron chi connectivity index (χ3n) is 3.74. The van der Waals surface area contributed by atoms with E-state index in [4.69, 9.17) is 5.11 Å². The van der Waals surface area contributed by atoms with Crippen LogP contribution in [0.25, 0.3) is 0 Å². The normalized spacial score (nSPS) is 27.3. The summed E-state index contributed by atoms with van der Waals surface area (Å²) in [5.74, 6) is -0.686. The SMILES string of the molecule is O=C(NCC1CCCC1)NC1C=CC(C(=O)O)C1. The molecule has 2 unspecified atom stereocenters. The van der Waals surface area contributed by atoms with E-state index in [9.17, 15) is 9.59 Å². The summed E-state index contributed by atoms with van der Waals surface area (Å²) in [7, 11) is 0. The lowest BCUT2D eigenvalue weighted by Crippen LogP contribution is -2.42. The summed E-state index contributed by atoms with van der Waals surface area (Å²) in [4.78, 5) is 22.4. The molecule has 2 atom stereocenters. The highest BCUT2D eigenvalue weighted by Gasteiger charge is 2.25. The molecule has 0 aromatic carbocycles. The maximum atomic E-state index is 11.6. The molecule has 1 saturated carbocycles. The highest BCUT2D eigenvalue weighted by molar-refractivity contribution is 5.76. The minimum atomic E-state index is -0.832. The molecule has 0 radical (unpaired) electrons. The van der Waals surface area contributed by atoms with Crippen molar-refractivity contribution in [3.63, 3.8) is 0 Å². The predicted molar refractivity (Wildman–Crippen MR) is 67.2 cm³/mol. The van der Waals surface area contributed by atoms with Crippen LogP contribution in [0.5, 0.6) is 0 Å². The van der Waals surface area contributed by atoms with Gasteiger partial charge in [0.1, 0.15) is 0 Å². The van der Waals surface area contributed by atoms with E-state index in [2.05, 4.69) is 10.6 Å². The average molecular weight is 252 g/mol. The molecule has 0 saturated heterocycles. The third kappa shape index (κ3) is 3.48. The summed E-state index contributed by atoms with van der Waals surface area (Å²) < 4.78 is 0. The molecule has 2 aliphatic carbocycles. The third-order valence-corrected chi connectivity index (χ3v) is 3.74. The summed E-state index contributed by atoms with van der Waals surface area (Å²) in [6.45, 7) is 0.727. The molecule has 0 bridgehead atoms. The van der Waals surface area contributed by atoms with Gasteiger partial charge in [-0.2, -0.15) is 0 Å². The Labute approximate surface area is 107 Å². The smallest absolute Gasteiger partial charge is 0.315 e. The fourth-order valence-electron chi connectivity index (χ4n) is 2.66. The van der Waals surface area contributed by atoms with Crippen molar-refractivity contribution in [3.8, 4) is 0 Å². The van der Waals surface area contributed by atoms with Crippen molar-refractivity contribution < 1.29 is 14.7 Å². The first-order valence-corrected chi connectivity index (χ1v) is 6.60. The van der Waals surface area contributed by atoms with Crippen LogP contribution < -0.4 is 10.6 Å². The van der Waals surface area contributed by atoms with E-state index in [-0.39, 0.29) is 12.1 Å². The average Bonchev–Trinajstić information content (AvgIpc) is 2.96. The van der Waals surface area contributed by atoms with E-state index >= 15 is 0 Å². The van der Waals surface area contributed by atoms with Gasteiger partial charge in [-0.15, -0.1) is 0 Å². The topological polar surface area (TPSA) is 78.4 Å². The maximum absolute atomic E-state index is 11.6. The minimum absolute atomic E-state index is 0.158. The molecule has 0 aromatic heterocycles. The zero-order chi connectivity index (χ0) is 13.0. The number of hydrogen-bond acceptors (Lipinski definition) is 2. The number of nitrogens with one attached hydrogen (secondary N) is 2. The predicted octanol–water partition coefficient (Wildman–Crippen LogP) is 1.51. The van der Waals surface area contributed by atoms with Crippen LogP contribution in [-0.4, -0.2) is 29.7 Å². The summed E-state index contributed by atoms with van der Waals surface area (Å²) in [5.41, 5.74) is 0. The molecule has 18 heavy (non-hydrogen) atoms. The number of amides is 2. The molecule has 5 heteroatoms. The highest BCUT2D eigenvalue weighted by atomic mass is 16.4. The van der Waals surface area contributed by atoms with Crippen molar-refractivity contribution >= 4 is 12.0 Å². The number of aliphatic carboxylic acids is 1. The fourth-order valence-corrected chi connectivity index (χ4v) is 2.66. The summed E-state index contributed by atoms with van der Waals surface area (Å²) in [5, 5.41) is 14.5. The lowest BCUT2D eigenvalue weighted by molar-refractivity contribution is -0.140. The highest BCUT2D eigenvalue weighted by Crippen LogP contribution is 2.23. The Hall–Kier alpha value is -1.52. The van der Waals surface area contributed by atoms with Crippen LogP contribution in [0.4, 0.5) is 4.79 Å². The molecular weight excluding hydrogens is 232 g/mol. The molecule has 2 aliphatic rings. The maximum Gasteiger partial charge on any atom is 0.315 e. The van der Waals surface area contributed by atoms with Crippen LogP contribution in [0.15, 0.2) is 12.2 Å². The van der Waals surface area contributed by atoms with Gasteiger partial charge in [0.15, 0.2) is 0 Å². The van der Waals surface area contributed by atoms with Gasteiger partial charge in [-0.3, -0.25) is 4.79 Å². The van der Waals surface area contributed by atoms with E-state index < -0.39 is 11.9 Å². The number of carboxylic acid groups (broad SMARTS) is 1. The first-order valence-electron chi connectivity index (χ1n) is 6.60. The second kappa shape index (κ2) is 5.89. The molecule has 2 rings (SSSR count). The molecule has 5 nitrogen and oxygen atoms in total. The van der Waals surface area contributed by atoms with Gasteiger partial charge in [-0.1, -0.05) is 25.0 Å². The Bertz CT molecular complexity index is 348. The molecule has 3 N–H and O–H groups in total. The van der Waals surface area contributed by atoms with Crippen LogP contribution >= 0.6 is 0 Å². The standard InChI is InChI=1S/C13H20N2O3/c16-12(17)10-5-6-11(7-10)15-13(18)14-8-9-3-1-2-4-9/h5-6,9-11H,1-4,7-8H2,(H,16,17)(H2,14,15,18). The van der Waals surface area contributed by atoms with Gasteiger partial charge in [0.2, 0.25) is 0 Å². The number of carbonyl (C=O) groups excluding carboxylic acids is 1. The quantitative estimate of drug-likeness (QED) is 0.663. The number of rotatable bonds is 4. The van der Waals surface area contributed by atoms with Crippen molar-refractivity contribution in [1.29, 1.82) is 0 Å². The largest absolute Gasteiger partial charge is 0.481 e.